The van der Waals surface area contributed by atoms with Crippen molar-refractivity contribution < 1.29 is 8.42 Å². The summed E-state index contributed by atoms with van der Waals surface area (Å²) < 4.78 is 29.3. The number of hydrogen-bond donors (Lipinski definition) is 0. The van der Waals surface area contributed by atoms with E-state index in [1.54, 1.807) is 28.6 Å². The summed E-state index contributed by atoms with van der Waals surface area (Å²) in [5.41, 5.74) is 4.12. The molecule has 0 N–H and O–H groups in total. The van der Waals surface area contributed by atoms with Crippen molar-refractivity contribution in [3.8, 4) is 0 Å². The molecule has 4 nitrogen and oxygen atoms in total. The molecular formula is C26H27ClN2O2S2. The largest absolute Gasteiger partial charge is 0.297 e. The van der Waals surface area contributed by atoms with Gasteiger partial charge in [0.1, 0.15) is 0 Å². The van der Waals surface area contributed by atoms with Gasteiger partial charge in [-0.05, 0) is 59.9 Å². The number of thioether (sulfide) groups is 1. The van der Waals surface area contributed by atoms with E-state index in [1.807, 2.05) is 36.0 Å². The lowest BCUT2D eigenvalue weighted by Crippen LogP contribution is -2.38. The minimum Gasteiger partial charge on any atom is -0.297 e. The second-order valence-corrected chi connectivity index (χ2v) is 12.0. The second kappa shape index (κ2) is 9.71. The summed E-state index contributed by atoms with van der Waals surface area (Å²) in [6.07, 6.45) is 1.59. The summed E-state index contributed by atoms with van der Waals surface area (Å²) >= 11 is 8.04. The number of nitrogens with zero attached hydrogens (tertiary/aromatic N) is 2. The molecule has 7 heteroatoms. The van der Waals surface area contributed by atoms with Crippen LogP contribution in [0.3, 0.4) is 0 Å². The van der Waals surface area contributed by atoms with Gasteiger partial charge in [-0.2, -0.15) is 11.8 Å². The number of halogens is 1. The van der Waals surface area contributed by atoms with Gasteiger partial charge in [-0.25, -0.2) is 8.42 Å². The molecule has 2 aliphatic heterocycles. The number of sulfonamides is 1. The van der Waals surface area contributed by atoms with Crippen molar-refractivity contribution in [3.63, 3.8) is 0 Å². The van der Waals surface area contributed by atoms with E-state index < -0.39 is 10.0 Å². The van der Waals surface area contributed by atoms with Crippen LogP contribution in [0.15, 0.2) is 77.7 Å². The third-order valence-electron chi connectivity index (χ3n) is 6.44. The van der Waals surface area contributed by atoms with Crippen LogP contribution in [0, 0.1) is 0 Å². The predicted octanol–water partition coefficient (Wildman–Crippen LogP) is 5.77. The highest BCUT2D eigenvalue weighted by molar-refractivity contribution is 7.99. The monoisotopic (exact) mass is 498 g/mol. The molecule has 0 aromatic heterocycles. The fraction of sp³-hybridized carbons (Fsp3) is 0.308. The van der Waals surface area contributed by atoms with E-state index in [0.29, 0.717) is 5.02 Å². The highest BCUT2D eigenvalue weighted by Gasteiger charge is 2.36. The van der Waals surface area contributed by atoms with Crippen LogP contribution in [0.5, 0.6) is 0 Å². The van der Waals surface area contributed by atoms with Crippen molar-refractivity contribution in [3.05, 3.63) is 94.5 Å². The molecule has 0 amide bonds. The molecule has 33 heavy (non-hydrogen) atoms. The molecule has 5 rings (SSSR count). The second-order valence-electron chi connectivity index (χ2n) is 8.57. The lowest BCUT2D eigenvalue weighted by molar-refractivity contribution is 0.294. The Labute approximate surface area is 205 Å². The average Bonchev–Trinajstić information content (AvgIpc) is 2.85. The van der Waals surface area contributed by atoms with Gasteiger partial charge in [0, 0.05) is 36.2 Å². The summed E-state index contributed by atoms with van der Waals surface area (Å²) in [6.45, 7) is 3.19. The number of aryl methyl sites for hydroxylation is 1. The fourth-order valence-corrected chi connectivity index (χ4v) is 7.51. The van der Waals surface area contributed by atoms with Gasteiger partial charge in [-0.3, -0.25) is 9.21 Å². The normalized spacial score (nSPS) is 19.3. The van der Waals surface area contributed by atoms with E-state index in [9.17, 15) is 8.42 Å². The molecule has 3 aromatic rings. The standard InChI is InChI=1S/C26H27ClN2O2S2/c27-23-10-12-24(13-11-23)33(30,31)29-25-4-2-1-3-21(25)9-14-26(29)22-7-5-20(6-8-22)19-28-15-17-32-18-16-28/h1-8,10-13,26H,9,14-19H2. The van der Waals surface area contributed by atoms with Crippen molar-refractivity contribution in [2.24, 2.45) is 0 Å². The SMILES string of the molecule is O=S(=O)(c1ccc(Cl)cc1)N1c2ccccc2CCC1c1ccc(CN2CCSCC2)cc1. The van der Waals surface area contributed by atoms with Gasteiger partial charge in [-0.1, -0.05) is 54.1 Å². The molecule has 3 aromatic carbocycles. The Bertz CT molecular complexity index is 1210. The van der Waals surface area contributed by atoms with Crippen LogP contribution >= 0.6 is 23.4 Å². The Kier molecular flexibility index (Phi) is 6.70. The first-order valence-electron chi connectivity index (χ1n) is 11.3. The van der Waals surface area contributed by atoms with E-state index >= 15 is 0 Å². The van der Waals surface area contributed by atoms with Crippen LogP contribution in [-0.4, -0.2) is 37.9 Å². The Morgan fingerprint density at radius 3 is 2.33 bits per heavy atom. The topological polar surface area (TPSA) is 40.6 Å². The molecule has 2 heterocycles. The molecule has 0 radical (unpaired) electrons. The molecular weight excluding hydrogens is 472 g/mol. The smallest absolute Gasteiger partial charge is 0.264 e. The van der Waals surface area contributed by atoms with Gasteiger partial charge in [0.25, 0.3) is 10.0 Å². The average molecular weight is 499 g/mol. The van der Waals surface area contributed by atoms with Gasteiger partial charge in [0.05, 0.1) is 16.6 Å². The van der Waals surface area contributed by atoms with Crippen LogP contribution in [0.2, 0.25) is 5.02 Å². The molecule has 1 unspecified atom stereocenters. The maximum atomic E-state index is 13.8. The minimum absolute atomic E-state index is 0.249. The van der Waals surface area contributed by atoms with Crippen LogP contribution in [0.4, 0.5) is 5.69 Å². The summed E-state index contributed by atoms with van der Waals surface area (Å²) in [4.78, 5) is 2.74. The number of para-hydroxylation sites is 1. The van der Waals surface area contributed by atoms with Gasteiger partial charge in [-0.15, -0.1) is 0 Å². The molecule has 0 saturated carbocycles. The Hall–Kier alpha value is -1.99. The first kappa shape index (κ1) is 22.8. The van der Waals surface area contributed by atoms with Gasteiger partial charge >= 0.3 is 0 Å². The van der Waals surface area contributed by atoms with E-state index in [1.165, 1.54) is 17.1 Å². The maximum Gasteiger partial charge on any atom is 0.264 e. The van der Waals surface area contributed by atoms with Crippen molar-refractivity contribution in [1.29, 1.82) is 0 Å². The van der Waals surface area contributed by atoms with Crippen LogP contribution in [0.25, 0.3) is 0 Å². The lowest BCUT2D eigenvalue weighted by atomic mass is 9.93. The van der Waals surface area contributed by atoms with Crippen LogP contribution < -0.4 is 4.31 Å². The first-order chi connectivity index (χ1) is 16.0. The number of anilines is 1. The van der Waals surface area contributed by atoms with E-state index in [2.05, 4.69) is 29.2 Å². The van der Waals surface area contributed by atoms with E-state index in [4.69, 9.17) is 11.6 Å². The summed E-state index contributed by atoms with van der Waals surface area (Å²) in [7, 11) is -3.76. The van der Waals surface area contributed by atoms with E-state index in [-0.39, 0.29) is 10.9 Å². The van der Waals surface area contributed by atoms with Gasteiger partial charge in [0.2, 0.25) is 0 Å². The zero-order valence-electron chi connectivity index (χ0n) is 18.4. The van der Waals surface area contributed by atoms with Crippen molar-refractivity contribution >= 4 is 39.1 Å². The van der Waals surface area contributed by atoms with Crippen molar-refractivity contribution in [1.82, 2.24) is 4.90 Å². The van der Waals surface area contributed by atoms with Gasteiger partial charge in [0.15, 0.2) is 0 Å². The van der Waals surface area contributed by atoms with Crippen LogP contribution in [0.1, 0.15) is 29.2 Å². The lowest BCUT2D eigenvalue weighted by Gasteiger charge is -2.38. The van der Waals surface area contributed by atoms with Crippen molar-refractivity contribution in [2.75, 3.05) is 28.9 Å². The number of benzene rings is 3. The molecule has 2 aliphatic rings. The number of rotatable bonds is 5. The summed E-state index contributed by atoms with van der Waals surface area (Å²) in [6, 6.07) is 22.5. The third-order valence-corrected chi connectivity index (χ3v) is 9.48. The van der Waals surface area contributed by atoms with Crippen LogP contribution in [-0.2, 0) is 23.0 Å². The van der Waals surface area contributed by atoms with Crippen molar-refractivity contribution in [2.45, 2.75) is 30.3 Å². The zero-order chi connectivity index (χ0) is 22.8. The fourth-order valence-electron chi connectivity index (χ4n) is 4.70. The Morgan fingerprint density at radius 1 is 0.909 bits per heavy atom. The summed E-state index contributed by atoms with van der Waals surface area (Å²) in [5.74, 6) is 2.38. The molecule has 1 fully saturated rings. The molecule has 0 aliphatic carbocycles. The maximum absolute atomic E-state index is 13.8. The quantitative estimate of drug-likeness (QED) is 0.447. The van der Waals surface area contributed by atoms with E-state index in [0.717, 1.165) is 49.3 Å². The molecule has 0 bridgehead atoms. The molecule has 0 spiro atoms. The zero-order valence-corrected chi connectivity index (χ0v) is 20.7. The Balaban J connectivity index is 1.48. The highest BCUT2D eigenvalue weighted by atomic mass is 35.5. The minimum atomic E-state index is -3.76. The number of fused-ring (bicyclic) bond motifs is 1. The number of hydrogen-bond acceptors (Lipinski definition) is 4. The molecule has 172 valence electrons. The summed E-state index contributed by atoms with van der Waals surface area (Å²) in [5, 5.41) is 0.521. The van der Waals surface area contributed by atoms with Gasteiger partial charge < -0.3 is 0 Å². The first-order valence-corrected chi connectivity index (χ1v) is 14.3. The highest BCUT2D eigenvalue weighted by Crippen LogP contribution is 2.42. The predicted molar refractivity (Wildman–Crippen MR) is 138 cm³/mol. The third kappa shape index (κ3) is 4.80. The molecule has 1 atom stereocenters. The molecule has 1 saturated heterocycles. The Morgan fingerprint density at radius 2 is 1.61 bits per heavy atom.